The molecule has 290 valence electrons. The molecule has 3 aromatic heterocycles. The third kappa shape index (κ3) is 8.52. The summed E-state index contributed by atoms with van der Waals surface area (Å²) in [5, 5.41) is 1.25. The topological polar surface area (TPSA) is 100 Å². The van der Waals surface area contributed by atoms with Gasteiger partial charge in [0.05, 0.1) is 23.2 Å². The molecule has 3 atom stereocenters. The lowest BCUT2D eigenvalue weighted by molar-refractivity contribution is -0.124. The Balaban J connectivity index is 0.000000402. The highest BCUT2D eigenvalue weighted by atomic mass is 35.5. The SMILES string of the molecule is CC.COc1nc(N(C)C2CCN(C(=O)/C=C/c3cc(C)nc(C)n3)C2)c2cnc(-c3cccc4ccc(F)c(Cl)c34)c(F)c2n1.FC1CC2CCCN2C1. The number of aromatic nitrogens is 5. The van der Waals surface area contributed by atoms with Gasteiger partial charge in [0.15, 0.2) is 5.82 Å². The van der Waals surface area contributed by atoms with Gasteiger partial charge in [-0.2, -0.15) is 9.97 Å². The van der Waals surface area contributed by atoms with Gasteiger partial charge in [-0.15, -0.1) is 0 Å². The van der Waals surface area contributed by atoms with E-state index < -0.39 is 17.8 Å². The van der Waals surface area contributed by atoms with Gasteiger partial charge in [0.25, 0.3) is 0 Å². The number of likely N-dealkylation sites (tertiary alicyclic amines) is 1. The van der Waals surface area contributed by atoms with Crippen LogP contribution in [-0.4, -0.2) is 99.2 Å². The van der Waals surface area contributed by atoms with Crippen LogP contribution in [0.5, 0.6) is 6.01 Å². The Bertz CT molecular complexity index is 2190. The lowest BCUT2D eigenvalue weighted by Crippen LogP contribution is -2.36. The van der Waals surface area contributed by atoms with E-state index in [1.54, 1.807) is 35.2 Å². The number of amides is 1. The number of hydrogen-bond donors (Lipinski definition) is 0. The normalized spacial score (nSPS) is 19.3. The lowest BCUT2D eigenvalue weighted by Gasteiger charge is -2.27. The number of carbonyl (C=O) groups excluding carboxylic acids is 1. The summed E-state index contributed by atoms with van der Waals surface area (Å²) in [6.45, 7) is 10.5. The van der Waals surface area contributed by atoms with Crippen LogP contribution in [0.2, 0.25) is 5.02 Å². The lowest BCUT2D eigenvalue weighted by atomic mass is 10.0. The van der Waals surface area contributed by atoms with Crippen molar-refractivity contribution < 1.29 is 22.7 Å². The number of fused-ring (bicyclic) bond motifs is 3. The van der Waals surface area contributed by atoms with Crippen molar-refractivity contribution in [3.63, 3.8) is 0 Å². The van der Waals surface area contributed by atoms with Gasteiger partial charge in [-0.1, -0.05) is 49.7 Å². The molecule has 0 spiro atoms. The number of nitrogens with zero attached hydrogens (tertiary/aromatic N) is 8. The Morgan fingerprint density at radius 1 is 1.04 bits per heavy atom. The number of pyridine rings is 1. The monoisotopic (exact) mass is 774 g/mol. The number of halogens is 4. The predicted octanol–water partition coefficient (Wildman–Crippen LogP) is 8.16. The molecule has 8 rings (SSSR count). The van der Waals surface area contributed by atoms with Crippen molar-refractivity contribution in [2.24, 2.45) is 0 Å². The Morgan fingerprint density at radius 3 is 2.58 bits per heavy atom. The summed E-state index contributed by atoms with van der Waals surface area (Å²) < 4.78 is 48.6. The van der Waals surface area contributed by atoms with E-state index >= 15 is 4.39 Å². The third-order valence-corrected chi connectivity index (χ3v) is 10.6. The minimum atomic E-state index is -0.714. The molecule has 3 aliphatic heterocycles. The van der Waals surface area contributed by atoms with Gasteiger partial charge in [0.2, 0.25) is 5.91 Å². The van der Waals surface area contributed by atoms with Crippen LogP contribution in [0.4, 0.5) is 19.0 Å². The summed E-state index contributed by atoms with van der Waals surface area (Å²) in [4.78, 5) is 40.8. The molecule has 55 heavy (non-hydrogen) atoms. The van der Waals surface area contributed by atoms with E-state index in [-0.39, 0.29) is 34.2 Å². The number of anilines is 1. The Morgan fingerprint density at radius 2 is 1.84 bits per heavy atom. The molecule has 0 radical (unpaired) electrons. The maximum atomic E-state index is 16.3. The number of aryl methyl sites for hydroxylation is 2. The minimum absolute atomic E-state index is 0.00229. The van der Waals surface area contributed by atoms with Gasteiger partial charge in [-0.3, -0.25) is 14.7 Å². The van der Waals surface area contributed by atoms with Crippen LogP contribution in [0.15, 0.2) is 48.7 Å². The fraction of sp³-hybridized carbons (Fsp3) is 0.415. The maximum absolute atomic E-state index is 16.3. The van der Waals surface area contributed by atoms with Crippen LogP contribution in [0.3, 0.4) is 0 Å². The van der Waals surface area contributed by atoms with E-state index in [1.165, 1.54) is 38.3 Å². The molecule has 5 aromatic rings. The van der Waals surface area contributed by atoms with Crippen molar-refractivity contribution in [1.82, 2.24) is 34.7 Å². The first-order valence-corrected chi connectivity index (χ1v) is 19.1. The van der Waals surface area contributed by atoms with E-state index in [1.807, 2.05) is 45.7 Å². The second-order valence-electron chi connectivity index (χ2n) is 13.8. The standard InChI is InChI=1S/C32H28ClF2N7O2.C7H12FN.C2H6/c1-17-14-20(38-18(2)37-17)9-11-25(43)42-13-12-21(16-42)41(3)31-23-15-36-29(28(35)30(23)39-32(40-31)44-4)22-7-5-6-19-8-10-24(34)27(33)26(19)22;8-6-4-7-2-1-3-9(7)5-6;1-2/h5-11,14-15,21H,12-13,16H2,1-4H3;6-7H,1-5H2;1-2H3/b11-9+;;. The van der Waals surface area contributed by atoms with E-state index in [0.717, 1.165) is 18.7 Å². The highest BCUT2D eigenvalue weighted by molar-refractivity contribution is 6.36. The van der Waals surface area contributed by atoms with E-state index in [4.69, 9.17) is 16.3 Å². The highest BCUT2D eigenvalue weighted by Crippen LogP contribution is 2.38. The predicted molar refractivity (Wildman–Crippen MR) is 211 cm³/mol. The molecule has 6 heterocycles. The molecule has 3 saturated heterocycles. The molecule has 0 bridgehead atoms. The fourth-order valence-electron chi connectivity index (χ4n) is 7.63. The van der Waals surface area contributed by atoms with Crippen molar-refractivity contribution in [3.05, 3.63) is 82.5 Å². The van der Waals surface area contributed by atoms with E-state index in [0.29, 0.717) is 71.2 Å². The van der Waals surface area contributed by atoms with Gasteiger partial charge < -0.3 is 14.5 Å². The van der Waals surface area contributed by atoms with Crippen molar-refractivity contribution in [1.29, 1.82) is 0 Å². The van der Waals surface area contributed by atoms with E-state index in [2.05, 4.69) is 29.8 Å². The van der Waals surface area contributed by atoms with Crippen LogP contribution in [0.25, 0.3) is 39.0 Å². The minimum Gasteiger partial charge on any atom is -0.467 e. The quantitative estimate of drug-likeness (QED) is 0.158. The first-order valence-electron chi connectivity index (χ1n) is 18.7. The number of rotatable bonds is 6. The average molecular weight is 775 g/mol. The highest BCUT2D eigenvalue weighted by Gasteiger charge is 2.35. The fourth-order valence-corrected chi connectivity index (χ4v) is 7.90. The number of alkyl halides is 1. The molecule has 0 N–H and O–H groups in total. The zero-order valence-corrected chi connectivity index (χ0v) is 32.7. The third-order valence-electron chi connectivity index (χ3n) is 10.2. The second kappa shape index (κ2) is 17.3. The van der Waals surface area contributed by atoms with Crippen LogP contribution in [0, 0.1) is 25.5 Å². The van der Waals surface area contributed by atoms with Gasteiger partial charge in [0.1, 0.15) is 34.8 Å². The molecule has 1 amide bonds. The van der Waals surface area contributed by atoms with Crippen LogP contribution >= 0.6 is 11.6 Å². The van der Waals surface area contributed by atoms with Crippen molar-refractivity contribution in [3.8, 4) is 17.3 Å². The summed E-state index contributed by atoms with van der Waals surface area (Å²) in [5.41, 5.74) is 1.80. The molecule has 3 fully saturated rings. The number of hydrogen-bond acceptors (Lipinski definition) is 9. The Labute approximate surface area is 324 Å². The number of likely N-dealkylation sites (N-methyl/N-ethyl adjacent to an activating group) is 1. The second-order valence-corrected chi connectivity index (χ2v) is 14.1. The number of benzene rings is 2. The molecular formula is C41H46ClF3N8O2. The first kappa shape index (κ1) is 39.8. The summed E-state index contributed by atoms with van der Waals surface area (Å²) in [6.07, 6.45) is 8.18. The van der Waals surface area contributed by atoms with Gasteiger partial charge in [0, 0.05) is 67.7 Å². The van der Waals surface area contributed by atoms with Gasteiger partial charge >= 0.3 is 6.01 Å². The van der Waals surface area contributed by atoms with Crippen molar-refractivity contribution in [2.45, 2.75) is 71.6 Å². The van der Waals surface area contributed by atoms with E-state index in [9.17, 15) is 13.6 Å². The van der Waals surface area contributed by atoms with Crippen LogP contribution in [0.1, 0.15) is 56.7 Å². The van der Waals surface area contributed by atoms with Crippen LogP contribution in [-0.2, 0) is 4.79 Å². The Kier molecular flexibility index (Phi) is 12.5. The molecule has 0 aliphatic carbocycles. The molecular weight excluding hydrogens is 729 g/mol. The maximum Gasteiger partial charge on any atom is 0.318 e. The summed E-state index contributed by atoms with van der Waals surface area (Å²) in [6, 6.07) is 10.3. The zero-order valence-electron chi connectivity index (χ0n) is 32.0. The summed E-state index contributed by atoms with van der Waals surface area (Å²) >= 11 is 6.32. The molecule has 0 saturated carbocycles. The Hall–Kier alpha value is -4.88. The molecule has 14 heteroatoms. The van der Waals surface area contributed by atoms with Crippen molar-refractivity contribution >= 4 is 51.1 Å². The molecule has 3 unspecified atom stereocenters. The largest absolute Gasteiger partial charge is 0.467 e. The van der Waals surface area contributed by atoms with Crippen molar-refractivity contribution in [2.75, 3.05) is 45.2 Å². The smallest absolute Gasteiger partial charge is 0.318 e. The van der Waals surface area contributed by atoms with Gasteiger partial charge in [-0.05, 0) is 69.7 Å². The molecule has 2 aromatic carbocycles. The average Bonchev–Trinajstić information content (AvgIpc) is 3.93. The number of ether oxygens (including phenoxy) is 1. The number of carbonyl (C=O) groups is 1. The summed E-state index contributed by atoms with van der Waals surface area (Å²) in [5.74, 6) is -0.412. The van der Waals surface area contributed by atoms with Gasteiger partial charge in [-0.25, -0.2) is 23.1 Å². The summed E-state index contributed by atoms with van der Waals surface area (Å²) in [7, 11) is 3.24. The molecule has 10 nitrogen and oxygen atoms in total. The number of methoxy groups -OCH3 is 1. The first-order chi connectivity index (χ1) is 26.5. The van der Waals surface area contributed by atoms with Crippen LogP contribution < -0.4 is 9.64 Å². The zero-order chi connectivity index (χ0) is 39.4. The molecule has 3 aliphatic rings.